The van der Waals surface area contributed by atoms with Gasteiger partial charge in [0.25, 0.3) is 0 Å². The molecule has 0 atom stereocenters. The summed E-state index contributed by atoms with van der Waals surface area (Å²) >= 11 is 0. The molecule has 0 aliphatic carbocycles. The number of nitrogens with one attached hydrogen (secondary N) is 1. The lowest BCUT2D eigenvalue weighted by molar-refractivity contribution is -0.111. The van der Waals surface area contributed by atoms with Gasteiger partial charge in [-0.25, -0.2) is 0 Å². The molecular formula is C21H26N2O3. The summed E-state index contributed by atoms with van der Waals surface area (Å²) in [6, 6.07) is 13.3. The molecule has 0 saturated carbocycles. The van der Waals surface area contributed by atoms with Crippen LogP contribution in [0.4, 0.5) is 11.4 Å². The maximum Gasteiger partial charge on any atom is 0.248 e. The van der Waals surface area contributed by atoms with Gasteiger partial charge in [0.1, 0.15) is 11.5 Å². The minimum absolute atomic E-state index is 0.196. The van der Waals surface area contributed by atoms with Gasteiger partial charge in [-0.2, -0.15) is 0 Å². The fraction of sp³-hybridized carbons (Fsp3) is 0.286. The van der Waals surface area contributed by atoms with E-state index in [4.69, 9.17) is 9.47 Å². The number of hydrogen-bond acceptors (Lipinski definition) is 4. The summed E-state index contributed by atoms with van der Waals surface area (Å²) < 4.78 is 10.5. The Balaban J connectivity index is 2.03. The summed E-state index contributed by atoms with van der Waals surface area (Å²) in [6.07, 6.45) is 3.21. The first-order chi connectivity index (χ1) is 12.6. The maximum atomic E-state index is 12.2. The molecule has 1 N–H and O–H groups in total. The topological polar surface area (TPSA) is 50.8 Å². The first-order valence-corrected chi connectivity index (χ1v) is 8.67. The number of anilines is 2. The van der Waals surface area contributed by atoms with E-state index in [0.29, 0.717) is 11.5 Å². The molecule has 0 spiro atoms. The van der Waals surface area contributed by atoms with Crippen LogP contribution in [0.1, 0.15) is 19.4 Å². The smallest absolute Gasteiger partial charge is 0.248 e. The summed E-state index contributed by atoms with van der Waals surface area (Å²) in [5, 5.41) is 2.86. The van der Waals surface area contributed by atoms with Crippen LogP contribution in [-0.2, 0) is 4.79 Å². The van der Waals surface area contributed by atoms with Gasteiger partial charge in [0.2, 0.25) is 5.91 Å². The fourth-order valence-electron chi connectivity index (χ4n) is 2.65. The molecule has 0 saturated heterocycles. The fourth-order valence-corrected chi connectivity index (χ4v) is 2.65. The summed E-state index contributed by atoms with van der Waals surface area (Å²) in [4.78, 5) is 14.4. The predicted molar refractivity (Wildman–Crippen MR) is 107 cm³/mol. The number of amides is 1. The lowest BCUT2D eigenvalue weighted by atomic mass is 10.1. The van der Waals surface area contributed by atoms with Gasteiger partial charge in [-0.1, -0.05) is 0 Å². The van der Waals surface area contributed by atoms with Crippen molar-refractivity contribution in [3.63, 3.8) is 0 Å². The standard InChI is InChI=1S/C21H26N2O3/c1-5-23(6-2)18-11-9-17(10-12-18)22-21(24)14-8-16-7-13-19(25-3)15-20(16)26-4/h7-15H,5-6H2,1-4H3,(H,22,24). The second kappa shape index (κ2) is 9.51. The molecule has 0 fully saturated rings. The highest BCUT2D eigenvalue weighted by molar-refractivity contribution is 6.02. The molecule has 1 amide bonds. The van der Waals surface area contributed by atoms with Crippen molar-refractivity contribution in [2.75, 3.05) is 37.5 Å². The Hall–Kier alpha value is -2.95. The first kappa shape index (κ1) is 19.4. The minimum atomic E-state index is -0.196. The second-order valence-corrected chi connectivity index (χ2v) is 5.65. The highest BCUT2D eigenvalue weighted by Crippen LogP contribution is 2.25. The van der Waals surface area contributed by atoms with Crippen molar-refractivity contribution < 1.29 is 14.3 Å². The average Bonchev–Trinajstić information content (AvgIpc) is 2.68. The summed E-state index contributed by atoms with van der Waals surface area (Å²) in [7, 11) is 3.19. The zero-order valence-electron chi connectivity index (χ0n) is 15.8. The molecule has 2 aromatic carbocycles. The van der Waals surface area contributed by atoms with Crippen LogP contribution in [0.5, 0.6) is 11.5 Å². The lowest BCUT2D eigenvalue weighted by Gasteiger charge is -2.21. The second-order valence-electron chi connectivity index (χ2n) is 5.65. The number of rotatable bonds is 8. The predicted octanol–water partition coefficient (Wildman–Crippen LogP) is 4.20. The molecule has 0 aliphatic heterocycles. The summed E-state index contributed by atoms with van der Waals surface area (Å²) in [5.41, 5.74) is 2.71. The Morgan fingerprint density at radius 2 is 1.73 bits per heavy atom. The molecule has 5 nitrogen and oxygen atoms in total. The number of ether oxygens (including phenoxy) is 2. The van der Waals surface area contributed by atoms with E-state index >= 15 is 0 Å². The van der Waals surface area contributed by atoms with Crippen LogP contribution in [0.25, 0.3) is 6.08 Å². The molecule has 0 heterocycles. The van der Waals surface area contributed by atoms with E-state index in [1.165, 1.54) is 6.08 Å². The molecule has 138 valence electrons. The van der Waals surface area contributed by atoms with Crippen LogP contribution >= 0.6 is 0 Å². The molecule has 26 heavy (non-hydrogen) atoms. The van der Waals surface area contributed by atoms with Crippen LogP contribution in [0.15, 0.2) is 48.5 Å². The number of benzene rings is 2. The quantitative estimate of drug-likeness (QED) is 0.722. The van der Waals surface area contributed by atoms with E-state index in [0.717, 1.165) is 30.0 Å². The SMILES string of the molecule is CCN(CC)c1ccc(NC(=O)C=Cc2ccc(OC)cc2OC)cc1. The number of carbonyl (C=O) groups is 1. The van der Waals surface area contributed by atoms with Crippen molar-refractivity contribution in [1.29, 1.82) is 0 Å². The monoisotopic (exact) mass is 354 g/mol. The van der Waals surface area contributed by atoms with Gasteiger partial charge in [0, 0.05) is 42.2 Å². The van der Waals surface area contributed by atoms with Crippen LogP contribution in [0, 0.1) is 0 Å². The van der Waals surface area contributed by atoms with E-state index in [1.807, 2.05) is 36.4 Å². The van der Waals surface area contributed by atoms with Crippen LogP contribution in [-0.4, -0.2) is 33.2 Å². The molecule has 2 rings (SSSR count). The van der Waals surface area contributed by atoms with Crippen LogP contribution in [0.3, 0.4) is 0 Å². The van der Waals surface area contributed by atoms with Gasteiger partial charge in [-0.05, 0) is 56.3 Å². The van der Waals surface area contributed by atoms with Gasteiger partial charge in [0.05, 0.1) is 14.2 Å². The van der Waals surface area contributed by atoms with Gasteiger partial charge in [-0.15, -0.1) is 0 Å². The Kier molecular flexibility index (Phi) is 7.09. The third-order valence-corrected chi connectivity index (χ3v) is 4.12. The molecule has 0 aliphatic rings. The number of methoxy groups -OCH3 is 2. The highest BCUT2D eigenvalue weighted by Gasteiger charge is 2.05. The molecule has 0 unspecified atom stereocenters. The third-order valence-electron chi connectivity index (χ3n) is 4.12. The van der Waals surface area contributed by atoms with E-state index < -0.39 is 0 Å². The van der Waals surface area contributed by atoms with Crippen molar-refractivity contribution in [2.45, 2.75) is 13.8 Å². The van der Waals surface area contributed by atoms with Gasteiger partial charge in [-0.3, -0.25) is 4.79 Å². The molecule has 0 radical (unpaired) electrons. The van der Waals surface area contributed by atoms with Gasteiger partial charge >= 0.3 is 0 Å². The first-order valence-electron chi connectivity index (χ1n) is 8.67. The summed E-state index contributed by atoms with van der Waals surface area (Å²) in [6.45, 7) is 6.15. The maximum absolute atomic E-state index is 12.2. The molecular weight excluding hydrogens is 328 g/mol. The largest absolute Gasteiger partial charge is 0.497 e. The zero-order valence-corrected chi connectivity index (χ0v) is 15.8. The summed E-state index contributed by atoms with van der Waals surface area (Å²) in [5.74, 6) is 1.16. The van der Waals surface area contributed by atoms with E-state index in [1.54, 1.807) is 26.4 Å². The van der Waals surface area contributed by atoms with E-state index in [2.05, 4.69) is 24.1 Å². The molecule has 0 bridgehead atoms. The Labute approximate surface area is 155 Å². The van der Waals surface area contributed by atoms with Gasteiger partial charge in [0.15, 0.2) is 0 Å². The number of hydrogen-bond donors (Lipinski definition) is 1. The Bertz CT molecular complexity index is 750. The minimum Gasteiger partial charge on any atom is -0.497 e. The third kappa shape index (κ3) is 5.02. The number of nitrogens with zero attached hydrogens (tertiary/aromatic N) is 1. The van der Waals surface area contributed by atoms with Crippen LogP contribution in [0.2, 0.25) is 0 Å². The highest BCUT2D eigenvalue weighted by atomic mass is 16.5. The van der Waals surface area contributed by atoms with Crippen molar-refractivity contribution in [3.05, 3.63) is 54.1 Å². The lowest BCUT2D eigenvalue weighted by Crippen LogP contribution is -2.21. The molecule has 5 heteroatoms. The van der Waals surface area contributed by atoms with Crippen molar-refractivity contribution in [1.82, 2.24) is 0 Å². The Morgan fingerprint density at radius 1 is 1.04 bits per heavy atom. The van der Waals surface area contributed by atoms with Crippen molar-refractivity contribution in [2.24, 2.45) is 0 Å². The zero-order chi connectivity index (χ0) is 18.9. The molecule has 2 aromatic rings. The van der Waals surface area contributed by atoms with Gasteiger partial charge < -0.3 is 19.7 Å². The number of carbonyl (C=O) groups excluding carboxylic acids is 1. The van der Waals surface area contributed by atoms with E-state index in [9.17, 15) is 4.79 Å². The van der Waals surface area contributed by atoms with E-state index in [-0.39, 0.29) is 5.91 Å². The Morgan fingerprint density at radius 3 is 2.31 bits per heavy atom. The van der Waals surface area contributed by atoms with Crippen LogP contribution < -0.4 is 19.7 Å². The molecule has 0 aromatic heterocycles. The average molecular weight is 354 g/mol. The normalized spacial score (nSPS) is 10.6. The van der Waals surface area contributed by atoms with Crippen molar-refractivity contribution >= 4 is 23.4 Å². The van der Waals surface area contributed by atoms with Crippen molar-refractivity contribution in [3.8, 4) is 11.5 Å².